The molecule has 0 radical (unpaired) electrons. The Bertz CT molecular complexity index is 751. The topological polar surface area (TPSA) is 167 Å². The number of rotatable bonds is 8. The van der Waals surface area contributed by atoms with E-state index in [0.29, 0.717) is 5.69 Å². The van der Waals surface area contributed by atoms with Crippen molar-refractivity contribution in [3.8, 4) is 0 Å². The molecule has 0 fully saturated rings. The van der Waals surface area contributed by atoms with Gasteiger partial charge in [-0.05, 0) is 17.1 Å². The van der Waals surface area contributed by atoms with E-state index in [-0.39, 0.29) is 17.1 Å². The van der Waals surface area contributed by atoms with Gasteiger partial charge >= 0.3 is 5.91 Å². The number of hydrazine groups is 1. The van der Waals surface area contributed by atoms with E-state index in [0.717, 1.165) is 0 Å². The summed E-state index contributed by atoms with van der Waals surface area (Å²) in [4.78, 5) is 42.4. The number of aliphatic hydroxyl groups is 1. The number of nitrogens with one attached hydrogen (secondary N) is 2. The number of benzene rings is 1. The lowest BCUT2D eigenvalue weighted by molar-refractivity contribution is -0.484. The molecule has 5 N–H and O–H groups in total. The standard InChI is InChI=1S/C15H18N6O5/c16-12(6-10-7-17-9-18-10)14(23)19-13(8-22)15(24)20(21(25)26)11-4-2-1-3-5-11/h1-5,7,9,12-13,22H,6,8,16H2,(H,17,18)(H,19,23)/t12-,13-/m0/s1. The minimum absolute atomic E-state index is 0.00282. The molecule has 0 saturated heterocycles. The van der Waals surface area contributed by atoms with Crippen LogP contribution in [0.4, 0.5) is 5.69 Å². The molecule has 0 bridgehead atoms. The number of carbonyl (C=O) groups excluding carboxylic acids is 2. The molecule has 26 heavy (non-hydrogen) atoms. The Morgan fingerprint density at radius 1 is 1.38 bits per heavy atom. The highest BCUT2D eigenvalue weighted by Gasteiger charge is 2.34. The maximum Gasteiger partial charge on any atom is 0.313 e. The Kier molecular flexibility index (Phi) is 6.36. The number of nitrogens with two attached hydrogens (primary N) is 1. The first-order valence-electron chi connectivity index (χ1n) is 7.61. The van der Waals surface area contributed by atoms with Gasteiger partial charge in [-0.15, -0.1) is 0 Å². The zero-order chi connectivity index (χ0) is 19.1. The van der Waals surface area contributed by atoms with Crippen molar-refractivity contribution in [3.05, 3.63) is 58.7 Å². The van der Waals surface area contributed by atoms with Crippen molar-refractivity contribution >= 4 is 17.5 Å². The zero-order valence-corrected chi connectivity index (χ0v) is 13.6. The van der Waals surface area contributed by atoms with Crippen molar-refractivity contribution in [1.29, 1.82) is 0 Å². The molecule has 2 amide bonds. The summed E-state index contributed by atoms with van der Waals surface area (Å²) in [6.07, 6.45) is 3.04. The molecule has 0 aliphatic heterocycles. The molecule has 0 aliphatic rings. The number of nitro groups is 1. The average Bonchev–Trinajstić information content (AvgIpc) is 3.13. The smallest absolute Gasteiger partial charge is 0.313 e. The predicted octanol–water partition coefficient (Wildman–Crippen LogP) is -1.02. The van der Waals surface area contributed by atoms with Crippen LogP contribution in [0, 0.1) is 10.1 Å². The summed E-state index contributed by atoms with van der Waals surface area (Å²) < 4.78 is 0. The Labute approximate surface area is 147 Å². The summed E-state index contributed by atoms with van der Waals surface area (Å²) in [5.41, 5.74) is 6.36. The largest absolute Gasteiger partial charge is 0.394 e. The molecule has 0 aliphatic carbocycles. The fourth-order valence-corrected chi connectivity index (χ4v) is 2.21. The Morgan fingerprint density at radius 2 is 2.08 bits per heavy atom. The second kappa shape index (κ2) is 8.69. The molecular formula is C15H18N6O5. The molecule has 1 heterocycles. The van der Waals surface area contributed by atoms with E-state index in [2.05, 4.69) is 15.3 Å². The maximum absolute atomic E-state index is 12.4. The van der Waals surface area contributed by atoms with Gasteiger partial charge in [0.1, 0.15) is 11.7 Å². The van der Waals surface area contributed by atoms with Crippen molar-refractivity contribution in [3.63, 3.8) is 0 Å². The fraction of sp³-hybridized carbons (Fsp3) is 0.267. The van der Waals surface area contributed by atoms with Gasteiger partial charge in [-0.2, -0.15) is 0 Å². The number of hydrogen-bond donors (Lipinski definition) is 4. The van der Waals surface area contributed by atoms with Gasteiger partial charge in [-0.1, -0.05) is 18.2 Å². The SMILES string of the molecule is N[C@@H](Cc1cnc[nH]1)C(=O)N[C@@H](CO)C(=O)N(c1ccccc1)[N+](=O)[O-]. The quantitative estimate of drug-likeness (QED) is 0.344. The van der Waals surface area contributed by atoms with Crippen LogP contribution in [-0.2, 0) is 16.0 Å². The fourth-order valence-electron chi connectivity index (χ4n) is 2.21. The summed E-state index contributed by atoms with van der Waals surface area (Å²) in [6, 6.07) is 4.85. The Balaban J connectivity index is 2.09. The highest BCUT2D eigenvalue weighted by atomic mass is 16.7. The van der Waals surface area contributed by atoms with Gasteiger partial charge in [0.15, 0.2) is 5.03 Å². The molecule has 2 rings (SSSR count). The van der Waals surface area contributed by atoms with Crippen LogP contribution in [0.15, 0.2) is 42.9 Å². The lowest BCUT2D eigenvalue weighted by atomic mass is 10.1. The maximum atomic E-state index is 12.4. The summed E-state index contributed by atoms with van der Waals surface area (Å²) in [5, 5.41) is 22.3. The van der Waals surface area contributed by atoms with Crippen LogP contribution in [0.25, 0.3) is 0 Å². The van der Waals surface area contributed by atoms with Gasteiger partial charge in [-0.3, -0.25) is 9.59 Å². The number of hydrogen-bond acceptors (Lipinski definition) is 7. The number of nitrogens with zero attached hydrogens (tertiary/aromatic N) is 3. The first-order valence-corrected chi connectivity index (χ1v) is 7.61. The van der Waals surface area contributed by atoms with Gasteiger partial charge in [0.25, 0.3) is 0 Å². The first-order chi connectivity index (χ1) is 12.4. The molecule has 0 saturated carbocycles. The molecular weight excluding hydrogens is 344 g/mol. The van der Waals surface area contributed by atoms with Crippen LogP contribution in [0.1, 0.15) is 5.69 Å². The van der Waals surface area contributed by atoms with E-state index in [1.807, 2.05) is 0 Å². The normalized spacial score (nSPS) is 12.8. The number of aliphatic hydroxyl groups excluding tert-OH is 1. The summed E-state index contributed by atoms with van der Waals surface area (Å²) in [5.74, 6) is -1.82. The molecule has 2 atom stereocenters. The van der Waals surface area contributed by atoms with Crippen molar-refractivity contribution in [2.45, 2.75) is 18.5 Å². The van der Waals surface area contributed by atoms with Gasteiger partial charge in [0.2, 0.25) is 5.91 Å². The van der Waals surface area contributed by atoms with Crippen LogP contribution in [-0.4, -0.2) is 50.6 Å². The highest BCUT2D eigenvalue weighted by Crippen LogP contribution is 2.14. The van der Waals surface area contributed by atoms with Crippen molar-refractivity contribution in [1.82, 2.24) is 15.3 Å². The second-order valence-corrected chi connectivity index (χ2v) is 5.35. The Morgan fingerprint density at radius 3 is 2.62 bits per heavy atom. The van der Waals surface area contributed by atoms with Crippen LogP contribution in [0.5, 0.6) is 0 Å². The molecule has 138 valence electrons. The van der Waals surface area contributed by atoms with Crippen LogP contribution < -0.4 is 16.1 Å². The molecule has 1 aromatic heterocycles. The summed E-state index contributed by atoms with van der Waals surface area (Å²) in [7, 11) is 0. The number of H-pyrrole nitrogens is 1. The molecule has 11 nitrogen and oxygen atoms in total. The number of aromatic nitrogens is 2. The van der Waals surface area contributed by atoms with Gasteiger partial charge in [-0.25, -0.2) is 15.1 Å². The van der Waals surface area contributed by atoms with E-state index < -0.39 is 35.5 Å². The third kappa shape index (κ3) is 4.62. The van der Waals surface area contributed by atoms with Crippen LogP contribution >= 0.6 is 0 Å². The third-order valence-electron chi connectivity index (χ3n) is 3.50. The van der Waals surface area contributed by atoms with Crippen molar-refractivity contribution in [2.24, 2.45) is 5.73 Å². The van der Waals surface area contributed by atoms with Crippen LogP contribution in [0.2, 0.25) is 0 Å². The van der Waals surface area contributed by atoms with E-state index in [9.17, 15) is 24.8 Å². The number of imidazole rings is 1. The molecule has 0 unspecified atom stereocenters. The van der Waals surface area contributed by atoms with Crippen molar-refractivity contribution < 1.29 is 19.7 Å². The van der Waals surface area contributed by atoms with Crippen LogP contribution in [0.3, 0.4) is 0 Å². The minimum atomic E-state index is -1.51. The number of amides is 2. The number of para-hydroxylation sites is 1. The van der Waals surface area contributed by atoms with E-state index >= 15 is 0 Å². The van der Waals surface area contributed by atoms with Crippen molar-refractivity contribution in [2.75, 3.05) is 11.6 Å². The molecule has 2 aromatic rings. The molecule has 1 aromatic carbocycles. The third-order valence-corrected chi connectivity index (χ3v) is 3.50. The lowest BCUT2D eigenvalue weighted by Gasteiger charge is -2.21. The number of aromatic amines is 1. The van der Waals surface area contributed by atoms with E-state index in [1.54, 1.807) is 6.07 Å². The van der Waals surface area contributed by atoms with Gasteiger partial charge in [0.05, 0.1) is 19.0 Å². The monoisotopic (exact) mass is 362 g/mol. The number of carbonyl (C=O) groups is 2. The first kappa shape index (κ1) is 19.0. The second-order valence-electron chi connectivity index (χ2n) is 5.35. The minimum Gasteiger partial charge on any atom is -0.394 e. The lowest BCUT2D eigenvalue weighted by Crippen LogP contribution is -2.55. The zero-order valence-electron chi connectivity index (χ0n) is 13.6. The van der Waals surface area contributed by atoms with E-state index in [1.165, 1.54) is 36.8 Å². The molecule has 0 spiro atoms. The molecule has 11 heteroatoms. The number of anilines is 1. The predicted molar refractivity (Wildman–Crippen MR) is 90.2 cm³/mol. The Hall–Kier alpha value is -3.31. The highest BCUT2D eigenvalue weighted by molar-refractivity contribution is 5.98. The van der Waals surface area contributed by atoms with Gasteiger partial charge < -0.3 is 21.1 Å². The van der Waals surface area contributed by atoms with Gasteiger partial charge in [0, 0.05) is 18.3 Å². The summed E-state index contributed by atoms with van der Waals surface area (Å²) >= 11 is 0. The van der Waals surface area contributed by atoms with E-state index in [4.69, 9.17) is 5.73 Å². The summed E-state index contributed by atoms with van der Waals surface area (Å²) in [6.45, 7) is -0.821. The average molecular weight is 362 g/mol.